The molecule has 1 aromatic rings. The molecule has 1 aliphatic rings. The number of rotatable bonds is 0. The fraction of sp³-hybridized carbons (Fsp3) is 0.667. The van der Waals surface area contributed by atoms with Crippen LogP contribution in [-0.4, -0.2) is 20.5 Å². The van der Waals surface area contributed by atoms with Gasteiger partial charge in [0.05, 0.1) is 6.54 Å². The summed E-state index contributed by atoms with van der Waals surface area (Å²) in [5.74, 6) is 0. The monoisotopic (exact) mass is 173 g/mol. The zero-order valence-corrected chi connectivity index (χ0v) is 6.29. The summed E-state index contributed by atoms with van der Waals surface area (Å²) in [6.45, 7) is 0.260. The van der Waals surface area contributed by atoms with Crippen molar-refractivity contribution in [2.75, 3.05) is 0 Å². The molecular formula is C6H8FN3O2. The summed E-state index contributed by atoms with van der Waals surface area (Å²) in [7, 11) is 0. The van der Waals surface area contributed by atoms with E-state index in [1.807, 2.05) is 0 Å². The second-order valence-electron chi connectivity index (χ2n) is 2.83. The number of aromatic nitrogens is 3. The van der Waals surface area contributed by atoms with Crippen LogP contribution in [0.25, 0.3) is 0 Å². The van der Waals surface area contributed by atoms with Crippen LogP contribution in [-0.2, 0) is 13.1 Å². The van der Waals surface area contributed by atoms with Crippen LogP contribution in [0.15, 0.2) is 9.59 Å². The molecule has 1 aromatic heterocycles. The third kappa shape index (κ3) is 0.910. The Morgan fingerprint density at radius 1 is 1.33 bits per heavy atom. The van der Waals surface area contributed by atoms with E-state index >= 15 is 0 Å². The Kier molecular flexibility index (Phi) is 1.42. The highest BCUT2D eigenvalue weighted by Crippen LogP contribution is 2.06. The summed E-state index contributed by atoms with van der Waals surface area (Å²) >= 11 is 0. The maximum atomic E-state index is 12.8. The molecule has 66 valence electrons. The minimum Gasteiger partial charge on any atom is -0.257 e. The Hall–Kier alpha value is -1.33. The van der Waals surface area contributed by atoms with E-state index in [4.69, 9.17) is 0 Å². The Labute approximate surface area is 66.4 Å². The maximum absolute atomic E-state index is 12.8. The van der Waals surface area contributed by atoms with E-state index in [2.05, 4.69) is 4.98 Å². The number of H-pyrrole nitrogens is 1. The summed E-state index contributed by atoms with van der Waals surface area (Å²) in [5.41, 5.74) is -0.978. The summed E-state index contributed by atoms with van der Waals surface area (Å²) in [6.07, 6.45) is -0.713. The average molecular weight is 173 g/mol. The Bertz CT molecular complexity index is 402. The van der Waals surface area contributed by atoms with Crippen molar-refractivity contribution in [3.05, 3.63) is 21.0 Å². The van der Waals surface area contributed by atoms with Gasteiger partial charge in [0, 0.05) is 13.0 Å². The number of halogens is 1. The molecule has 0 radical (unpaired) electrons. The molecule has 0 aromatic carbocycles. The van der Waals surface area contributed by atoms with Gasteiger partial charge in [0.15, 0.2) is 0 Å². The van der Waals surface area contributed by atoms with Crippen LogP contribution in [0.5, 0.6) is 0 Å². The number of hydrogen-bond donors (Lipinski definition) is 1. The molecule has 0 spiro atoms. The first kappa shape index (κ1) is 7.33. The standard InChI is InChI=1S/C6H8FN3O2/c7-4-1-2-9-5(11)8-6(12)10(9)3-4/h4H,1-3H2,(H,8,11,12). The van der Waals surface area contributed by atoms with Gasteiger partial charge >= 0.3 is 11.4 Å². The van der Waals surface area contributed by atoms with E-state index in [1.54, 1.807) is 0 Å². The first-order valence-electron chi connectivity index (χ1n) is 3.72. The highest BCUT2D eigenvalue weighted by Gasteiger charge is 2.20. The minimum absolute atomic E-state index is 0.0163. The summed E-state index contributed by atoms with van der Waals surface area (Å²) in [5, 5.41) is 0. The molecule has 6 heteroatoms. The van der Waals surface area contributed by atoms with Gasteiger partial charge in [-0.15, -0.1) is 0 Å². The summed E-state index contributed by atoms with van der Waals surface area (Å²) in [4.78, 5) is 24.0. The number of aromatic amines is 1. The second-order valence-corrected chi connectivity index (χ2v) is 2.83. The zero-order valence-electron chi connectivity index (χ0n) is 6.29. The van der Waals surface area contributed by atoms with Gasteiger partial charge in [0.2, 0.25) is 0 Å². The fourth-order valence-electron chi connectivity index (χ4n) is 1.38. The van der Waals surface area contributed by atoms with Gasteiger partial charge in [0.25, 0.3) is 0 Å². The molecule has 1 N–H and O–H groups in total. The quantitative estimate of drug-likeness (QED) is 0.551. The number of fused-ring (bicyclic) bond motifs is 1. The van der Waals surface area contributed by atoms with Gasteiger partial charge in [-0.25, -0.2) is 23.3 Å². The van der Waals surface area contributed by atoms with Gasteiger partial charge in [-0.3, -0.25) is 4.98 Å². The SMILES string of the molecule is O=c1[nH]c(=O)n2n1CCC(F)C2. The van der Waals surface area contributed by atoms with Crippen LogP contribution < -0.4 is 11.4 Å². The number of hydrogen-bond acceptors (Lipinski definition) is 2. The summed E-state index contributed by atoms with van der Waals surface area (Å²) < 4.78 is 15.1. The van der Waals surface area contributed by atoms with Crippen molar-refractivity contribution < 1.29 is 4.39 Å². The van der Waals surface area contributed by atoms with Gasteiger partial charge in [0.1, 0.15) is 6.17 Å². The molecule has 2 heterocycles. The van der Waals surface area contributed by atoms with Crippen molar-refractivity contribution in [3.8, 4) is 0 Å². The van der Waals surface area contributed by atoms with E-state index in [1.165, 1.54) is 4.68 Å². The van der Waals surface area contributed by atoms with E-state index in [0.717, 1.165) is 4.68 Å². The van der Waals surface area contributed by atoms with Crippen LogP contribution in [0.4, 0.5) is 4.39 Å². The smallest absolute Gasteiger partial charge is 0.257 e. The minimum atomic E-state index is -1.02. The molecule has 0 bridgehead atoms. The van der Waals surface area contributed by atoms with Crippen molar-refractivity contribution >= 4 is 0 Å². The van der Waals surface area contributed by atoms with Crippen molar-refractivity contribution in [3.63, 3.8) is 0 Å². The lowest BCUT2D eigenvalue weighted by Gasteiger charge is -2.17. The third-order valence-corrected chi connectivity index (χ3v) is 2.00. The van der Waals surface area contributed by atoms with E-state index < -0.39 is 17.6 Å². The molecule has 1 atom stereocenters. The highest BCUT2D eigenvalue weighted by atomic mass is 19.1. The molecular weight excluding hydrogens is 165 g/mol. The van der Waals surface area contributed by atoms with Crippen molar-refractivity contribution in [2.24, 2.45) is 0 Å². The lowest BCUT2D eigenvalue weighted by Crippen LogP contribution is -2.35. The molecule has 1 unspecified atom stereocenters. The van der Waals surface area contributed by atoms with E-state index in [9.17, 15) is 14.0 Å². The predicted molar refractivity (Wildman–Crippen MR) is 38.8 cm³/mol. The number of nitrogens with one attached hydrogen (secondary N) is 1. The highest BCUT2D eigenvalue weighted by molar-refractivity contribution is 4.74. The molecule has 0 saturated heterocycles. The molecule has 2 rings (SSSR count). The van der Waals surface area contributed by atoms with Crippen LogP contribution in [0.1, 0.15) is 6.42 Å². The van der Waals surface area contributed by atoms with E-state index in [-0.39, 0.29) is 13.1 Å². The first-order chi connectivity index (χ1) is 5.68. The van der Waals surface area contributed by atoms with Gasteiger partial charge in [-0.1, -0.05) is 0 Å². The van der Waals surface area contributed by atoms with Crippen molar-refractivity contribution in [1.82, 2.24) is 14.3 Å². The van der Waals surface area contributed by atoms with Crippen molar-refractivity contribution in [1.29, 1.82) is 0 Å². The molecule has 1 aliphatic heterocycles. The second kappa shape index (κ2) is 2.33. The van der Waals surface area contributed by atoms with Crippen LogP contribution in [0.2, 0.25) is 0 Å². The number of nitrogens with zero attached hydrogens (tertiary/aromatic N) is 2. The predicted octanol–water partition coefficient (Wildman–Crippen LogP) is -0.920. The average Bonchev–Trinajstić information content (AvgIpc) is 2.28. The Morgan fingerprint density at radius 3 is 2.75 bits per heavy atom. The largest absolute Gasteiger partial charge is 0.344 e. The van der Waals surface area contributed by atoms with Crippen LogP contribution >= 0.6 is 0 Å². The third-order valence-electron chi connectivity index (χ3n) is 2.00. The van der Waals surface area contributed by atoms with Crippen LogP contribution in [0.3, 0.4) is 0 Å². The fourth-order valence-corrected chi connectivity index (χ4v) is 1.38. The van der Waals surface area contributed by atoms with E-state index in [0.29, 0.717) is 6.42 Å². The Morgan fingerprint density at radius 2 is 2.00 bits per heavy atom. The normalized spacial score (nSPS) is 22.2. The lowest BCUT2D eigenvalue weighted by molar-refractivity contribution is 0.193. The van der Waals surface area contributed by atoms with Gasteiger partial charge < -0.3 is 0 Å². The molecule has 5 nitrogen and oxygen atoms in total. The van der Waals surface area contributed by atoms with Crippen molar-refractivity contribution in [2.45, 2.75) is 25.7 Å². The first-order valence-corrected chi connectivity index (χ1v) is 3.72. The summed E-state index contributed by atoms with van der Waals surface area (Å²) in [6, 6.07) is 0. The molecule has 0 saturated carbocycles. The molecule has 0 fully saturated rings. The Balaban J connectivity index is 2.60. The van der Waals surface area contributed by atoms with Gasteiger partial charge in [-0.05, 0) is 0 Å². The molecule has 0 amide bonds. The lowest BCUT2D eigenvalue weighted by atomic mass is 10.2. The molecule has 0 aliphatic carbocycles. The van der Waals surface area contributed by atoms with Gasteiger partial charge in [-0.2, -0.15) is 0 Å². The zero-order chi connectivity index (χ0) is 8.72. The number of alkyl halides is 1. The topological polar surface area (TPSA) is 59.8 Å². The maximum Gasteiger partial charge on any atom is 0.344 e. The van der Waals surface area contributed by atoms with Crippen LogP contribution in [0, 0.1) is 0 Å². The molecule has 12 heavy (non-hydrogen) atoms.